The number of aromatic nitrogens is 1. The molecule has 0 bridgehead atoms. The number of aryl methyl sites for hydroxylation is 1. The van der Waals surface area contributed by atoms with Gasteiger partial charge in [0, 0.05) is 31.4 Å². The van der Waals surface area contributed by atoms with Crippen molar-refractivity contribution < 1.29 is 9.90 Å². The van der Waals surface area contributed by atoms with Crippen molar-refractivity contribution in [3.63, 3.8) is 0 Å². The highest BCUT2D eigenvalue weighted by atomic mass is 16.4. The lowest BCUT2D eigenvalue weighted by Gasteiger charge is -2.32. The maximum absolute atomic E-state index is 10.6. The van der Waals surface area contributed by atoms with Gasteiger partial charge in [0.25, 0.3) is 0 Å². The molecule has 0 spiro atoms. The maximum Gasteiger partial charge on any atom is 0.303 e. The molecule has 4 heteroatoms. The van der Waals surface area contributed by atoms with E-state index < -0.39 is 5.97 Å². The number of hydrogen-bond donors (Lipinski definition) is 1. The van der Waals surface area contributed by atoms with Crippen molar-refractivity contribution >= 4 is 5.97 Å². The fourth-order valence-electron chi connectivity index (χ4n) is 2.71. The molecule has 2 rings (SSSR count). The number of carboxylic acid groups (broad SMARTS) is 1. The molecule has 1 aliphatic rings. The molecule has 0 radical (unpaired) electrons. The number of carbonyl (C=O) groups is 1. The molecule has 0 saturated carbocycles. The van der Waals surface area contributed by atoms with Crippen LogP contribution in [0.3, 0.4) is 0 Å². The fourth-order valence-corrected chi connectivity index (χ4v) is 2.71. The SMILES string of the molecule is Cc1ccc(CN2CCCC(CCC(=O)O)C2)cn1. The minimum absolute atomic E-state index is 0.296. The molecule has 1 saturated heterocycles. The summed E-state index contributed by atoms with van der Waals surface area (Å²) >= 11 is 0. The van der Waals surface area contributed by atoms with Gasteiger partial charge >= 0.3 is 5.97 Å². The van der Waals surface area contributed by atoms with Gasteiger partial charge in [0.1, 0.15) is 0 Å². The van der Waals surface area contributed by atoms with E-state index in [9.17, 15) is 4.79 Å². The summed E-state index contributed by atoms with van der Waals surface area (Å²) in [4.78, 5) is 17.4. The van der Waals surface area contributed by atoms with E-state index in [0.717, 1.165) is 38.2 Å². The van der Waals surface area contributed by atoms with Crippen molar-refractivity contribution in [2.24, 2.45) is 5.92 Å². The van der Waals surface area contributed by atoms with Crippen molar-refractivity contribution in [1.82, 2.24) is 9.88 Å². The summed E-state index contributed by atoms with van der Waals surface area (Å²) in [5, 5.41) is 8.75. The van der Waals surface area contributed by atoms with Crippen molar-refractivity contribution in [1.29, 1.82) is 0 Å². The largest absolute Gasteiger partial charge is 0.481 e. The minimum atomic E-state index is -0.681. The third-order valence-electron chi connectivity index (χ3n) is 3.75. The predicted octanol–water partition coefficient (Wildman–Crippen LogP) is 2.47. The van der Waals surface area contributed by atoms with Gasteiger partial charge in [0.15, 0.2) is 0 Å². The van der Waals surface area contributed by atoms with Crippen LogP contribution in [-0.4, -0.2) is 34.0 Å². The van der Waals surface area contributed by atoms with Crippen LogP contribution < -0.4 is 0 Å². The smallest absolute Gasteiger partial charge is 0.303 e. The Morgan fingerprint density at radius 1 is 1.53 bits per heavy atom. The van der Waals surface area contributed by atoms with E-state index in [-0.39, 0.29) is 0 Å². The summed E-state index contributed by atoms with van der Waals surface area (Å²) in [6.07, 6.45) is 5.37. The van der Waals surface area contributed by atoms with Crippen LogP contribution in [-0.2, 0) is 11.3 Å². The summed E-state index contributed by atoms with van der Waals surface area (Å²) in [7, 11) is 0. The maximum atomic E-state index is 10.6. The Hall–Kier alpha value is -1.42. The van der Waals surface area contributed by atoms with Crippen molar-refractivity contribution in [2.45, 2.75) is 39.2 Å². The topological polar surface area (TPSA) is 53.4 Å². The Kier molecular flexibility index (Phi) is 4.91. The number of rotatable bonds is 5. The monoisotopic (exact) mass is 262 g/mol. The van der Waals surface area contributed by atoms with Gasteiger partial charge in [-0.25, -0.2) is 0 Å². The molecule has 1 unspecified atom stereocenters. The van der Waals surface area contributed by atoms with E-state index >= 15 is 0 Å². The molecule has 1 atom stereocenters. The average molecular weight is 262 g/mol. The highest BCUT2D eigenvalue weighted by Crippen LogP contribution is 2.22. The predicted molar refractivity (Wildman–Crippen MR) is 73.8 cm³/mol. The molecule has 1 fully saturated rings. The first-order chi connectivity index (χ1) is 9.13. The van der Waals surface area contributed by atoms with Gasteiger partial charge < -0.3 is 5.11 Å². The zero-order valence-electron chi connectivity index (χ0n) is 11.5. The normalized spacial score (nSPS) is 20.4. The lowest BCUT2D eigenvalue weighted by Crippen LogP contribution is -2.35. The Labute approximate surface area is 114 Å². The molecule has 2 heterocycles. The van der Waals surface area contributed by atoms with Crippen LogP contribution in [0.4, 0.5) is 0 Å². The van der Waals surface area contributed by atoms with Gasteiger partial charge in [-0.1, -0.05) is 6.07 Å². The highest BCUT2D eigenvalue weighted by Gasteiger charge is 2.20. The number of nitrogens with zero attached hydrogens (tertiary/aromatic N) is 2. The minimum Gasteiger partial charge on any atom is -0.481 e. The number of hydrogen-bond acceptors (Lipinski definition) is 3. The molecular formula is C15H22N2O2. The average Bonchev–Trinajstić information content (AvgIpc) is 2.40. The van der Waals surface area contributed by atoms with E-state index in [0.29, 0.717) is 12.3 Å². The number of carboxylic acids is 1. The Bertz CT molecular complexity index is 417. The first-order valence-electron chi connectivity index (χ1n) is 6.99. The van der Waals surface area contributed by atoms with Gasteiger partial charge in [-0.05, 0) is 50.3 Å². The molecule has 104 valence electrons. The number of aliphatic carboxylic acids is 1. The van der Waals surface area contributed by atoms with Gasteiger partial charge in [-0.3, -0.25) is 14.7 Å². The van der Waals surface area contributed by atoms with Gasteiger partial charge in [-0.2, -0.15) is 0 Å². The van der Waals surface area contributed by atoms with Crippen LogP contribution in [0.1, 0.15) is 36.9 Å². The van der Waals surface area contributed by atoms with Gasteiger partial charge in [0.05, 0.1) is 0 Å². The third kappa shape index (κ3) is 4.63. The van der Waals surface area contributed by atoms with Crippen molar-refractivity contribution in [2.75, 3.05) is 13.1 Å². The standard InChI is InChI=1S/C15H22N2O2/c1-12-4-5-14(9-16-12)11-17-8-2-3-13(10-17)6-7-15(18)19/h4-5,9,13H,2-3,6-8,10-11H2,1H3,(H,18,19). The van der Waals surface area contributed by atoms with Crippen LogP contribution in [0.25, 0.3) is 0 Å². The van der Waals surface area contributed by atoms with Gasteiger partial charge in [-0.15, -0.1) is 0 Å². The van der Waals surface area contributed by atoms with E-state index in [1.807, 2.05) is 19.2 Å². The summed E-state index contributed by atoms with van der Waals surface area (Å²) < 4.78 is 0. The molecule has 1 aromatic heterocycles. The lowest BCUT2D eigenvalue weighted by atomic mass is 9.93. The molecule has 0 aromatic carbocycles. The molecule has 1 aromatic rings. The van der Waals surface area contributed by atoms with E-state index in [2.05, 4.69) is 16.0 Å². The zero-order chi connectivity index (χ0) is 13.7. The molecule has 4 nitrogen and oxygen atoms in total. The van der Waals surface area contributed by atoms with Crippen LogP contribution >= 0.6 is 0 Å². The first-order valence-corrected chi connectivity index (χ1v) is 6.99. The highest BCUT2D eigenvalue weighted by molar-refractivity contribution is 5.66. The third-order valence-corrected chi connectivity index (χ3v) is 3.75. The van der Waals surface area contributed by atoms with E-state index in [4.69, 9.17) is 5.11 Å². The summed E-state index contributed by atoms with van der Waals surface area (Å²) in [6.45, 7) is 5.04. The summed E-state index contributed by atoms with van der Waals surface area (Å²) in [5.74, 6) is -0.150. The van der Waals surface area contributed by atoms with Crippen LogP contribution in [0.2, 0.25) is 0 Å². The summed E-state index contributed by atoms with van der Waals surface area (Å²) in [5.41, 5.74) is 2.28. The quantitative estimate of drug-likeness (QED) is 0.885. The van der Waals surface area contributed by atoms with Crippen molar-refractivity contribution in [3.05, 3.63) is 29.6 Å². The molecule has 0 amide bonds. The Morgan fingerprint density at radius 3 is 3.05 bits per heavy atom. The van der Waals surface area contributed by atoms with Crippen LogP contribution in [0, 0.1) is 12.8 Å². The first kappa shape index (κ1) is 14.0. The number of likely N-dealkylation sites (tertiary alicyclic amines) is 1. The lowest BCUT2D eigenvalue weighted by molar-refractivity contribution is -0.137. The second-order valence-electron chi connectivity index (χ2n) is 5.48. The second kappa shape index (κ2) is 6.66. The second-order valence-corrected chi connectivity index (χ2v) is 5.48. The summed E-state index contributed by atoms with van der Waals surface area (Å²) in [6, 6.07) is 4.17. The zero-order valence-corrected chi connectivity index (χ0v) is 11.5. The molecular weight excluding hydrogens is 240 g/mol. The molecule has 1 aliphatic heterocycles. The molecule has 1 N–H and O–H groups in total. The van der Waals surface area contributed by atoms with E-state index in [1.54, 1.807) is 0 Å². The number of piperidine rings is 1. The van der Waals surface area contributed by atoms with Gasteiger partial charge in [0.2, 0.25) is 0 Å². The Balaban J connectivity index is 1.83. The van der Waals surface area contributed by atoms with Crippen molar-refractivity contribution in [3.8, 4) is 0 Å². The molecule has 0 aliphatic carbocycles. The van der Waals surface area contributed by atoms with E-state index in [1.165, 1.54) is 12.0 Å². The number of pyridine rings is 1. The van der Waals surface area contributed by atoms with Crippen LogP contribution in [0.5, 0.6) is 0 Å². The molecule has 19 heavy (non-hydrogen) atoms. The Morgan fingerprint density at radius 2 is 2.37 bits per heavy atom. The fraction of sp³-hybridized carbons (Fsp3) is 0.600. The van der Waals surface area contributed by atoms with Crippen LogP contribution in [0.15, 0.2) is 18.3 Å².